The van der Waals surface area contributed by atoms with Crippen LogP contribution in [0.4, 0.5) is 0 Å². The lowest BCUT2D eigenvalue weighted by molar-refractivity contribution is 0.0694. The van der Waals surface area contributed by atoms with Crippen molar-refractivity contribution < 1.29 is 14.6 Å². The van der Waals surface area contributed by atoms with Gasteiger partial charge in [-0.05, 0) is 30.0 Å². The minimum Gasteiger partial charge on any atom is -0.478 e. The Morgan fingerprint density at radius 1 is 1.19 bits per heavy atom. The van der Waals surface area contributed by atoms with Gasteiger partial charge in [-0.3, -0.25) is 4.98 Å². The Balaban J connectivity index is 2.49. The molecule has 0 saturated heterocycles. The zero-order valence-electron chi connectivity index (χ0n) is 12.7. The Hall–Kier alpha value is -2.36. The van der Waals surface area contributed by atoms with Crippen LogP contribution in [0.1, 0.15) is 42.3 Å². The van der Waals surface area contributed by atoms with E-state index in [9.17, 15) is 9.90 Å². The molecule has 4 nitrogen and oxygen atoms in total. The van der Waals surface area contributed by atoms with E-state index < -0.39 is 5.97 Å². The van der Waals surface area contributed by atoms with Crippen LogP contribution in [0.3, 0.4) is 0 Å². The maximum atomic E-state index is 11.3. The smallest absolute Gasteiger partial charge is 0.339 e. The summed E-state index contributed by atoms with van der Waals surface area (Å²) in [6, 6.07) is 7.39. The normalized spacial score (nSPS) is 11.2. The van der Waals surface area contributed by atoms with Gasteiger partial charge in [-0.15, -0.1) is 0 Å². The van der Waals surface area contributed by atoms with Crippen LogP contribution in [0.2, 0.25) is 0 Å². The predicted octanol–water partition coefficient (Wildman–Crippen LogP) is 4.18. The molecule has 0 aliphatic carbocycles. The van der Waals surface area contributed by atoms with E-state index in [-0.39, 0.29) is 16.7 Å². The first-order chi connectivity index (χ1) is 9.79. The third-order valence-corrected chi connectivity index (χ3v) is 3.18. The summed E-state index contributed by atoms with van der Waals surface area (Å²) in [6.07, 6.45) is 2.87. The number of aryl methyl sites for hydroxylation is 1. The maximum absolute atomic E-state index is 11.3. The number of carboxylic acid groups (broad SMARTS) is 1. The summed E-state index contributed by atoms with van der Waals surface area (Å²) in [5, 5.41) is 9.22. The van der Waals surface area contributed by atoms with Crippen molar-refractivity contribution in [3.8, 4) is 11.5 Å². The molecule has 0 aliphatic heterocycles. The number of aromatic nitrogens is 1. The van der Waals surface area contributed by atoms with E-state index >= 15 is 0 Å². The summed E-state index contributed by atoms with van der Waals surface area (Å²) >= 11 is 0. The fraction of sp³-hybridized carbons (Fsp3) is 0.294. The molecule has 2 rings (SSSR count). The molecule has 0 radical (unpaired) electrons. The van der Waals surface area contributed by atoms with Crippen LogP contribution < -0.4 is 4.74 Å². The SMILES string of the molecule is Cc1ccc(C(C)(C)C)c(Oc2cnccc2C(=O)O)c1. The summed E-state index contributed by atoms with van der Waals surface area (Å²) in [7, 11) is 0. The van der Waals surface area contributed by atoms with Crippen molar-refractivity contribution in [2.24, 2.45) is 0 Å². The van der Waals surface area contributed by atoms with Crippen molar-refractivity contribution in [2.45, 2.75) is 33.1 Å². The molecule has 0 spiro atoms. The number of rotatable bonds is 3. The lowest BCUT2D eigenvalue weighted by Gasteiger charge is -2.23. The second-order valence-corrected chi connectivity index (χ2v) is 6.03. The maximum Gasteiger partial charge on any atom is 0.339 e. The number of ether oxygens (including phenoxy) is 1. The van der Waals surface area contributed by atoms with Crippen LogP contribution in [0, 0.1) is 6.92 Å². The number of carboxylic acids is 1. The highest BCUT2D eigenvalue weighted by Crippen LogP contribution is 2.35. The van der Waals surface area contributed by atoms with E-state index in [1.54, 1.807) is 0 Å². The third kappa shape index (κ3) is 3.40. The fourth-order valence-electron chi connectivity index (χ4n) is 2.09. The highest BCUT2D eigenvalue weighted by Gasteiger charge is 2.21. The van der Waals surface area contributed by atoms with Gasteiger partial charge in [0.2, 0.25) is 0 Å². The van der Waals surface area contributed by atoms with Crippen LogP contribution in [0.15, 0.2) is 36.7 Å². The summed E-state index contributed by atoms with van der Waals surface area (Å²) in [5.41, 5.74) is 2.08. The molecule has 0 bridgehead atoms. The van der Waals surface area contributed by atoms with Gasteiger partial charge in [-0.1, -0.05) is 32.9 Å². The van der Waals surface area contributed by atoms with Gasteiger partial charge in [0.1, 0.15) is 11.3 Å². The first-order valence-electron chi connectivity index (χ1n) is 6.75. The largest absolute Gasteiger partial charge is 0.478 e. The number of pyridine rings is 1. The number of nitrogens with zero attached hydrogens (tertiary/aromatic N) is 1. The number of benzene rings is 1. The van der Waals surface area contributed by atoms with Gasteiger partial charge >= 0.3 is 5.97 Å². The minimum atomic E-state index is -1.03. The average Bonchev–Trinajstić information content (AvgIpc) is 2.37. The molecule has 1 heterocycles. The van der Waals surface area contributed by atoms with Gasteiger partial charge in [0.05, 0.1) is 6.20 Å². The van der Waals surface area contributed by atoms with E-state index in [2.05, 4.69) is 25.8 Å². The Bertz CT molecular complexity index is 672. The standard InChI is InChI=1S/C17H19NO3/c1-11-5-6-13(17(2,3)4)14(9-11)21-15-10-18-8-7-12(15)16(19)20/h5-10H,1-4H3,(H,19,20). The second kappa shape index (κ2) is 5.56. The Labute approximate surface area is 124 Å². The molecular weight excluding hydrogens is 266 g/mol. The van der Waals surface area contributed by atoms with Crippen LogP contribution in [0.25, 0.3) is 0 Å². The molecule has 1 aromatic heterocycles. The Morgan fingerprint density at radius 3 is 2.52 bits per heavy atom. The molecule has 0 saturated carbocycles. The molecule has 0 amide bonds. The average molecular weight is 285 g/mol. The Kier molecular flexibility index (Phi) is 3.98. The molecule has 0 aliphatic rings. The quantitative estimate of drug-likeness (QED) is 0.919. The van der Waals surface area contributed by atoms with Gasteiger partial charge in [0.25, 0.3) is 0 Å². The number of carbonyl (C=O) groups is 1. The first-order valence-corrected chi connectivity index (χ1v) is 6.75. The zero-order chi connectivity index (χ0) is 15.6. The molecule has 1 aromatic carbocycles. The molecule has 1 N–H and O–H groups in total. The molecule has 0 atom stereocenters. The molecule has 2 aromatic rings. The van der Waals surface area contributed by atoms with Crippen LogP contribution in [-0.2, 0) is 5.41 Å². The minimum absolute atomic E-state index is 0.103. The topological polar surface area (TPSA) is 59.4 Å². The second-order valence-electron chi connectivity index (χ2n) is 6.03. The predicted molar refractivity (Wildman–Crippen MR) is 81.1 cm³/mol. The molecule has 0 fully saturated rings. The number of hydrogen-bond acceptors (Lipinski definition) is 3. The molecule has 110 valence electrons. The Morgan fingerprint density at radius 2 is 1.90 bits per heavy atom. The highest BCUT2D eigenvalue weighted by molar-refractivity contribution is 5.90. The van der Waals surface area contributed by atoms with Crippen molar-refractivity contribution >= 4 is 5.97 Å². The van der Waals surface area contributed by atoms with Gasteiger partial charge in [0.15, 0.2) is 5.75 Å². The van der Waals surface area contributed by atoms with Gasteiger partial charge < -0.3 is 9.84 Å². The number of hydrogen-bond donors (Lipinski definition) is 1. The fourth-order valence-corrected chi connectivity index (χ4v) is 2.09. The molecule has 4 heteroatoms. The van der Waals surface area contributed by atoms with Crippen molar-refractivity contribution in [3.05, 3.63) is 53.3 Å². The van der Waals surface area contributed by atoms with Crippen LogP contribution in [-0.4, -0.2) is 16.1 Å². The first kappa shape index (κ1) is 15.0. The van der Waals surface area contributed by atoms with E-state index in [0.717, 1.165) is 11.1 Å². The summed E-state index contributed by atoms with van der Waals surface area (Å²) in [6.45, 7) is 8.24. The van der Waals surface area contributed by atoms with E-state index in [4.69, 9.17) is 4.74 Å². The number of aromatic carboxylic acids is 1. The molecule has 0 unspecified atom stereocenters. The van der Waals surface area contributed by atoms with Gasteiger partial charge in [-0.2, -0.15) is 0 Å². The summed E-state index contributed by atoms with van der Waals surface area (Å²) < 4.78 is 5.87. The van der Waals surface area contributed by atoms with Crippen molar-refractivity contribution in [3.63, 3.8) is 0 Å². The third-order valence-electron chi connectivity index (χ3n) is 3.18. The van der Waals surface area contributed by atoms with Crippen molar-refractivity contribution in [2.75, 3.05) is 0 Å². The van der Waals surface area contributed by atoms with E-state index in [0.29, 0.717) is 5.75 Å². The zero-order valence-corrected chi connectivity index (χ0v) is 12.7. The highest BCUT2D eigenvalue weighted by atomic mass is 16.5. The lowest BCUT2D eigenvalue weighted by Crippen LogP contribution is -2.13. The van der Waals surface area contributed by atoms with E-state index in [1.165, 1.54) is 18.5 Å². The van der Waals surface area contributed by atoms with Gasteiger partial charge in [-0.25, -0.2) is 4.79 Å². The molecular formula is C17H19NO3. The molecule has 21 heavy (non-hydrogen) atoms. The summed E-state index contributed by atoms with van der Waals surface area (Å²) in [5.74, 6) is -0.114. The summed E-state index contributed by atoms with van der Waals surface area (Å²) in [4.78, 5) is 15.2. The van der Waals surface area contributed by atoms with E-state index in [1.807, 2.05) is 25.1 Å². The van der Waals surface area contributed by atoms with Crippen LogP contribution in [0.5, 0.6) is 11.5 Å². The monoisotopic (exact) mass is 285 g/mol. The van der Waals surface area contributed by atoms with Crippen molar-refractivity contribution in [1.82, 2.24) is 4.98 Å². The van der Waals surface area contributed by atoms with Crippen LogP contribution >= 0.6 is 0 Å². The van der Waals surface area contributed by atoms with Gasteiger partial charge in [0, 0.05) is 11.8 Å². The van der Waals surface area contributed by atoms with Crippen molar-refractivity contribution in [1.29, 1.82) is 0 Å². The lowest BCUT2D eigenvalue weighted by atomic mass is 9.86.